The predicted octanol–water partition coefficient (Wildman–Crippen LogP) is 4.71. The fraction of sp³-hybridized carbons (Fsp3) is 0.150. The maximum absolute atomic E-state index is 13.5. The van der Waals surface area contributed by atoms with Crippen molar-refractivity contribution in [1.82, 2.24) is 9.97 Å². The molecule has 31 heavy (non-hydrogen) atoms. The van der Waals surface area contributed by atoms with Gasteiger partial charge in [0.15, 0.2) is 0 Å². The zero-order chi connectivity index (χ0) is 23.0. The van der Waals surface area contributed by atoms with Gasteiger partial charge >= 0.3 is 12.1 Å². The van der Waals surface area contributed by atoms with E-state index in [2.05, 4.69) is 15.3 Å². The highest BCUT2D eigenvalue weighted by Gasteiger charge is 2.38. The second-order valence-corrected chi connectivity index (χ2v) is 6.49. The van der Waals surface area contributed by atoms with Gasteiger partial charge in [-0.1, -0.05) is 41.9 Å². The Morgan fingerprint density at radius 2 is 1.74 bits per heavy atom. The molecule has 3 aromatic rings. The second-order valence-electron chi connectivity index (χ2n) is 6.06. The third-order valence-corrected chi connectivity index (χ3v) is 3.95. The Morgan fingerprint density at radius 3 is 2.32 bits per heavy atom. The van der Waals surface area contributed by atoms with Crippen LogP contribution in [0.25, 0.3) is 11.3 Å². The summed E-state index contributed by atoms with van der Waals surface area (Å²) in [6.07, 6.45) is -4.36. The number of carboxylic acids is 1. The SMILES string of the molecule is O=C(O)C(F)(F)F.O[C@@H](CNc1cc(-c2cc(F)cc(Cl)c2)ncn1)c1ccccc1. The van der Waals surface area contributed by atoms with Crippen molar-refractivity contribution in [1.29, 1.82) is 0 Å². The lowest BCUT2D eigenvalue weighted by atomic mass is 10.1. The van der Waals surface area contributed by atoms with Gasteiger partial charge < -0.3 is 15.5 Å². The Balaban J connectivity index is 0.000000423. The van der Waals surface area contributed by atoms with Crippen LogP contribution in [0.2, 0.25) is 5.02 Å². The highest BCUT2D eigenvalue weighted by atomic mass is 35.5. The van der Waals surface area contributed by atoms with E-state index in [1.54, 1.807) is 12.1 Å². The van der Waals surface area contributed by atoms with Gasteiger partial charge in [0.1, 0.15) is 18.0 Å². The van der Waals surface area contributed by atoms with Crippen LogP contribution in [-0.4, -0.2) is 38.9 Å². The van der Waals surface area contributed by atoms with Gasteiger partial charge in [0.2, 0.25) is 0 Å². The van der Waals surface area contributed by atoms with Gasteiger partial charge in [0.05, 0.1) is 11.8 Å². The topological polar surface area (TPSA) is 95.3 Å². The van der Waals surface area contributed by atoms with Gasteiger partial charge in [-0.2, -0.15) is 13.2 Å². The molecular weight excluding hydrogens is 442 g/mol. The largest absolute Gasteiger partial charge is 0.490 e. The number of carboxylic acid groups (broad SMARTS) is 1. The number of aromatic nitrogens is 2. The van der Waals surface area contributed by atoms with E-state index in [0.717, 1.165) is 5.56 Å². The van der Waals surface area contributed by atoms with Crippen molar-refractivity contribution in [3.8, 4) is 11.3 Å². The minimum absolute atomic E-state index is 0.296. The third-order valence-electron chi connectivity index (χ3n) is 3.73. The maximum Gasteiger partial charge on any atom is 0.490 e. The highest BCUT2D eigenvalue weighted by molar-refractivity contribution is 6.30. The van der Waals surface area contributed by atoms with Crippen LogP contribution < -0.4 is 5.32 Å². The summed E-state index contributed by atoms with van der Waals surface area (Å²) in [5.74, 6) is -2.65. The maximum atomic E-state index is 13.5. The van der Waals surface area contributed by atoms with Crippen molar-refractivity contribution in [2.45, 2.75) is 12.3 Å². The summed E-state index contributed by atoms with van der Waals surface area (Å²) in [4.78, 5) is 17.1. The smallest absolute Gasteiger partial charge is 0.475 e. The molecule has 1 heterocycles. The van der Waals surface area contributed by atoms with E-state index < -0.39 is 24.1 Å². The number of nitrogens with one attached hydrogen (secondary N) is 1. The number of hydrogen-bond acceptors (Lipinski definition) is 5. The predicted molar refractivity (Wildman–Crippen MR) is 106 cm³/mol. The fourth-order valence-electron chi connectivity index (χ4n) is 2.31. The first-order valence-corrected chi connectivity index (χ1v) is 8.99. The Bertz CT molecular complexity index is 1000. The molecule has 0 saturated carbocycles. The molecule has 11 heteroatoms. The van der Waals surface area contributed by atoms with E-state index >= 15 is 0 Å². The number of aliphatic carboxylic acids is 1. The van der Waals surface area contributed by atoms with E-state index in [1.807, 2.05) is 30.3 Å². The fourth-order valence-corrected chi connectivity index (χ4v) is 2.53. The zero-order valence-electron chi connectivity index (χ0n) is 15.6. The summed E-state index contributed by atoms with van der Waals surface area (Å²) in [5.41, 5.74) is 1.92. The van der Waals surface area contributed by atoms with Crippen LogP contribution in [0.5, 0.6) is 0 Å². The van der Waals surface area contributed by atoms with Crippen molar-refractivity contribution in [2.24, 2.45) is 0 Å². The lowest BCUT2D eigenvalue weighted by molar-refractivity contribution is -0.192. The van der Waals surface area contributed by atoms with E-state index in [4.69, 9.17) is 21.5 Å². The molecule has 0 fully saturated rings. The minimum atomic E-state index is -5.08. The average Bonchev–Trinajstić information content (AvgIpc) is 2.72. The number of aliphatic hydroxyl groups excluding tert-OH is 1. The summed E-state index contributed by atoms with van der Waals surface area (Å²) in [6, 6.07) is 15.3. The lowest BCUT2D eigenvalue weighted by Crippen LogP contribution is -2.21. The summed E-state index contributed by atoms with van der Waals surface area (Å²) in [7, 11) is 0. The van der Waals surface area contributed by atoms with Gasteiger partial charge in [-0.3, -0.25) is 0 Å². The normalized spacial score (nSPS) is 11.8. The Labute approximate surface area is 179 Å². The lowest BCUT2D eigenvalue weighted by Gasteiger charge is -2.13. The standard InChI is InChI=1S/C18H15ClFN3O.C2HF3O2/c19-14-6-13(7-15(20)8-14)16-9-18(23-11-22-16)21-10-17(24)12-4-2-1-3-5-12;3-2(4,5)1(6)7/h1-9,11,17,24H,10H2,(H,21,22,23);(H,6,7)/t17-;/m0./s1. The first-order valence-electron chi connectivity index (χ1n) is 8.62. The molecule has 0 bridgehead atoms. The van der Waals surface area contributed by atoms with Crippen LogP contribution in [0.15, 0.2) is 60.9 Å². The summed E-state index contributed by atoms with van der Waals surface area (Å²) < 4.78 is 45.2. The monoisotopic (exact) mass is 457 g/mol. The van der Waals surface area contributed by atoms with Gasteiger partial charge in [-0.05, 0) is 23.8 Å². The molecule has 0 radical (unpaired) electrons. The highest BCUT2D eigenvalue weighted by Crippen LogP contribution is 2.24. The van der Waals surface area contributed by atoms with Gasteiger partial charge in [0, 0.05) is 23.2 Å². The molecule has 0 aliphatic rings. The molecule has 0 aliphatic carbocycles. The molecule has 2 aromatic carbocycles. The van der Waals surface area contributed by atoms with Crippen molar-refractivity contribution in [3.63, 3.8) is 0 Å². The van der Waals surface area contributed by atoms with E-state index in [1.165, 1.54) is 18.5 Å². The molecule has 1 aromatic heterocycles. The molecule has 0 amide bonds. The van der Waals surface area contributed by atoms with Gasteiger partial charge in [0.25, 0.3) is 0 Å². The molecular formula is C20H16ClF4N3O3. The minimum Gasteiger partial charge on any atom is -0.475 e. The van der Waals surface area contributed by atoms with Crippen molar-refractivity contribution >= 4 is 23.4 Å². The first-order chi connectivity index (χ1) is 14.6. The zero-order valence-corrected chi connectivity index (χ0v) is 16.4. The van der Waals surface area contributed by atoms with Crippen LogP contribution in [-0.2, 0) is 4.79 Å². The molecule has 0 saturated heterocycles. The first kappa shape index (κ1) is 24.0. The number of anilines is 1. The summed E-state index contributed by atoms with van der Waals surface area (Å²) in [5, 5.41) is 20.7. The van der Waals surface area contributed by atoms with Crippen LogP contribution in [0.4, 0.5) is 23.4 Å². The number of carbonyl (C=O) groups is 1. The molecule has 6 nitrogen and oxygen atoms in total. The molecule has 3 N–H and O–H groups in total. The molecule has 0 aliphatic heterocycles. The molecule has 0 unspecified atom stereocenters. The molecule has 1 atom stereocenters. The Kier molecular flexibility index (Phi) is 8.29. The number of hydrogen-bond donors (Lipinski definition) is 3. The molecule has 164 valence electrons. The number of nitrogens with zero attached hydrogens (tertiary/aromatic N) is 2. The Hall–Kier alpha value is -3.24. The second kappa shape index (κ2) is 10.7. The van der Waals surface area contributed by atoms with Crippen molar-refractivity contribution in [2.75, 3.05) is 11.9 Å². The van der Waals surface area contributed by atoms with E-state index in [0.29, 0.717) is 28.6 Å². The van der Waals surface area contributed by atoms with Crippen molar-refractivity contribution < 1.29 is 32.6 Å². The summed E-state index contributed by atoms with van der Waals surface area (Å²) >= 11 is 5.88. The van der Waals surface area contributed by atoms with E-state index in [9.17, 15) is 22.7 Å². The number of benzene rings is 2. The van der Waals surface area contributed by atoms with Crippen LogP contribution in [0.1, 0.15) is 11.7 Å². The number of alkyl halides is 3. The van der Waals surface area contributed by atoms with Crippen LogP contribution in [0, 0.1) is 5.82 Å². The van der Waals surface area contributed by atoms with Gasteiger partial charge in [-0.15, -0.1) is 0 Å². The van der Waals surface area contributed by atoms with Crippen molar-refractivity contribution in [3.05, 3.63) is 77.3 Å². The summed E-state index contributed by atoms with van der Waals surface area (Å²) in [6.45, 7) is 0.296. The molecule has 0 spiro atoms. The van der Waals surface area contributed by atoms with Crippen LogP contribution in [0.3, 0.4) is 0 Å². The Morgan fingerprint density at radius 1 is 1.10 bits per heavy atom. The average molecular weight is 458 g/mol. The van der Waals surface area contributed by atoms with Crippen LogP contribution >= 0.6 is 11.6 Å². The molecule has 3 rings (SSSR count). The van der Waals surface area contributed by atoms with E-state index in [-0.39, 0.29) is 0 Å². The number of aliphatic hydroxyl groups is 1. The number of rotatable bonds is 5. The number of halogens is 5. The third kappa shape index (κ3) is 7.83. The van der Waals surface area contributed by atoms with Gasteiger partial charge in [-0.25, -0.2) is 19.2 Å². The quantitative estimate of drug-likeness (QED) is 0.480.